The summed E-state index contributed by atoms with van der Waals surface area (Å²) in [5.41, 5.74) is 1.60. The Balaban J connectivity index is 1.39. The molecule has 7 nitrogen and oxygen atoms in total. The Labute approximate surface area is 193 Å². The van der Waals surface area contributed by atoms with Gasteiger partial charge in [0.05, 0.1) is 6.20 Å². The van der Waals surface area contributed by atoms with Crippen LogP contribution in [-0.4, -0.2) is 27.4 Å². The van der Waals surface area contributed by atoms with Crippen LogP contribution in [0.3, 0.4) is 0 Å². The molecule has 0 aliphatic heterocycles. The minimum Gasteiger partial charge on any atom is -0.444 e. The molecule has 1 amide bonds. The van der Waals surface area contributed by atoms with Crippen molar-refractivity contribution in [3.8, 4) is 23.3 Å². The number of ketones is 1. The molecule has 0 aliphatic carbocycles. The number of nitrogens with zero attached hydrogens (tertiary/aromatic N) is 2. The van der Waals surface area contributed by atoms with Crippen molar-refractivity contribution in [3.63, 3.8) is 0 Å². The van der Waals surface area contributed by atoms with Crippen molar-refractivity contribution in [2.24, 2.45) is 0 Å². The van der Waals surface area contributed by atoms with E-state index in [2.05, 4.69) is 27.1 Å². The lowest BCUT2D eigenvalue weighted by atomic mass is 10.1. The Morgan fingerprint density at radius 1 is 1.06 bits per heavy atom. The fourth-order valence-corrected chi connectivity index (χ4v) is 2.86. The number of pyridine rings is 1. The topological polar surface area (TPSA) is 94.3 Å². The molecule has 33 heavy (non-hydrogen) atoms. The lowest BCUT2D eigenvalue weighted by Gasteiger charge is -2.19. The van der Waals surface area contributed by atoms with Crippen molar-refractivity contribution in [1.82, 2.24) is 9.97 Å². The van der Waals surface area contributed by atoms with Gasteiger partial charge in [-0.25, -0.2) is 9.78 Å². The number of rotatable bonds is 7. The lowest BCUT2D eigenvalue weighted by Crippen LogP contribution is -2.27. The highest BCUT2D eigenvalue weighted by Crippen LogP contribution is 2.19. The normalized spacial score (nSPS) is 10.8. The van der Waals surface area contributed by atoms with E-state index in [4.69, 9.17) is 9.15 Å². The maximum absolute atomic E-state index is 12.3. The molecule has 0 fully saturated rings. The number of Topliss-reactive ketones (excluding diaryl/α,β-unsaturated/α-hetero) is 1. The maximum Gasteiger partial charge on any atom is 0.412 e. The first kappa shape index (κ1) is 23.7. The molecule has 0 aliphatic rings. The number of carbonyl (C=O) groups is 2. The molecular weight excluding hydrogens is 418 g/mol. The first-order valence-corrected chi connectivity index (χ1v) is 10.8. The highest BCUT2D eigenvalue weighted by Gasteiger charge is 2.16. The third kappa shape index (κ3) is 7.93. The van der Waals surface area contributed by atoms with Crippen LogP contribution in [0.1, 0.15) is 62.7 Å². The van der Waals surface area contributed by atoms with Gasteiger partial charge in [-0.2, -0.15) is 0 Å². The van der Waals surface area contributed by atoms with E-state index in [1.54, 1.807) is 24.4 Å². The predicted molar refractivity (Wildman–Crippen MR) is 126 cm³/mol. The number of oxazole rings is 1. The highest BCUT2D eigenvalue weighted by molar-refractivity contribution is 5.91. The van der Waals surface area contributed by atoms with Crippen LogP contribution in [0.2, 0.25) is 0 Å². The molecule has 3 aromatic rings. The number of ether oxygens (including phenoxy) is 1. The summed E-state index contributed by atoms with van der Waals surface area (Å²) in [4.78, 5) is 32.3. The molecule has 0 saturated carbocycles. The van der Waals surface area contributed by atoms with Gasteiger partial charge in [-0.15, -0.1) is 0 Å². The molecule has 7 heteroatoms. The van der Waals surface area contributed by atoms with E-state index in [9.17, 15) is 9.59 Å². The van der Waals surface area contributed by atoms with Gasteiger partial charge in [-0.05, 0) is 70.0 Å². The molecule has 0 saturated heterocycles. The third-order valence-corrected chi connectivity index (χ3v) is 4.38. The second-order valence-corrected chi connectivity index (χ2v) is 8.38. The molecule has 0 atom stereocenters. The zero-order chi connectivity index (χ0) is 23.7. The summed E-state index contributed by atoms with van der Waals surface area (Å²) in [6.07, 6.45) is 5.22. The van der Waals surface area contributed by atoms with E-state index in [1.165, 1.54) is 6.20 Å². The molecule has 1 N–H and O–H groups in total. The minimum absolute atomic E-state index is 0.113. The van der Waals surface area contributed by atoms with Gasteiger partial charge in [-0.3, -0.25) is 15.1 Å². The second-order valence-electron chi connectivity index (χ2n) is 8.38. The van der Waals surface area contributed by atoms with Gasteiger partial charge in [0.2, 0.25) is 5.78 Å². The Morgan fingerprint density at radius 2 is 1.85 bits per heavy atom. The zero-order valence-electron chi connectivity index (χ0n) is 19.1. The van der Waals surface area contributed by atoms with Crippen molar-refractivity contribution in [3.05, 3.63) is 66.3 Å². The summed E-state index contributed by atoms with van der Waals surface area (Å²) < 4.78 is 10.8. The Morgan fingerprint density at radius 3 is 2.55 bits per heavy atom. The minimum atomic E-state index is -0.544. The van der Waals surface area contributed by atoms with E-state index >= 15 is 0 Å². The number of nitrogens with one attached hydrogen (secondary N) is 1. The summed E-state index contributed by atoms with van der Waals surface area (Å²) in [5.74, 6) is 6.67. The van der Waals surface area contributed by atoms with Crippen LogP contribution >= 0.6 is 0 Å². The molecule has 0 radical (unpaired) electrons. The molecule has 0 bridgehead atoms. The van der Waals surface area contributed by atoms with Crippen molar-refractivity contribution in [2.75, 3.05) is 5.32 Å². The van der Waals surface area contributed by atoms with Gasteiger partial charge in [0.25, 0.3) is 5.89 Å². The molecule has 0 spiro atoms. The number of hydrogen-bond acceptors (Lipinski definition) is 6. The van der Waals surface area contributed by atoms with Crippen LogP contribution in [-0.2, 0) is 4.74 Å². The highest BCUT2D eigenvalue weighted by atomic mass is 16.6. The SMILES string of the molecule is CC(C)(C)OC(=O)Nc1ccc(C#CCCCCC(=O)c2ncc(-c3ccccn3)o2)cc1. The monoisotopic (exact) mass is 445 g/mol. The zero-order valence-corrected chi connectivity index (χ0v) is 19.1. The van der Waals surface area contributed by atoms with E-state index in [1.807, 2.05) is 45.0 Å². The van der Waals surface area contributed by atoms with Gasteiger partial charge in [-0.1, -0.05) is 17.9 Å². The molecule has 2 heterocycles. The van der Waals surface area contributed by atoms with Crippen molar-refractivity contribution < 1.29 is 18.7 Å². The molecule has 1 aromatic carbocycles. The Bertz CT molecular complexity index is 1130. The molecule has 3 rings (SSSR count). The van der Waals surface area contributed by atoms with Crippen molar-refractivity contribution in [2.45, 2.75) is 52.1 Å². The first-order chi connectivity index (χ1) is 15.8. The molecule has 2 aromatic heterocycles. The van der Waals surface area contributed by atoms with E-state index in [0.717, 1.165) is 12.0 Å². The summed E-state index contributed by atoms with van der Waals surface area (Å²) in [6, 6.07) is 12.7. The standard InChI is InChI=1S/C26H27N3O4/c1-26(2,3)33-25(31)29-20-15-13-19(14-16-20)10-6-4-5-7-12-22(30)24-28-18-23(32-24)21-11-8-9-17-27-21/h8-9,11,13-18H,4-5,7,12H2,1-3H3,(H,29,31). The fourth-order valence-electron chi connectivity index (χ4n) is 2.86. The van der Waals surface area contributed by atoms with Gasteiger partial charge >= 0.3 is 6.09 Å². The van der Waals surface area contributed by atoms with Crippen LogP contribution in [0.5, 0.6) is 0 Å². The number of carbonyl (C=O) groups excluding carboxylic acids is 2. The number of benzene rings is 1. The van der Waals surface area contributed by atoms with Crippen molar-refractivity contribution in [1.29, 1.82) is 0 Å². The average molecular weight is 446 g/mol. The quantitative estimate of drug-likeness (QED) is 0.277. The third-order valence-electron chi connectivity index (χ3n) is 4.38. The summed E-state index contributed by atoms with van der Waals surface area (Å²) in [6.45, 7) is 5.44. The Kier molecular flexibility index (Phi) is 7.98. The number of aromatic nitrogens is 2. The smallest absolute Gasteiger partial charge is 0.412 e. The van der Waals surface area contributed by atoms with E-state index in [0.29, 0.717) is 36.4 Å². The molecule has 0 unspecified atom stereocenters. The fraction of sp³-hybridized carbons (Fsp3) is 0.308. The second kappa shape index (κ2) is 11.1. The van der Waals surface area contributed by atoms with Gasteiger partial charge < -0.3 is 9.15 Å². The van der Waals surface area contributed by atoms with Crippen molar-refractivity contribution >= 4 is 17.6 Å². The first-order valence-electron chi connectivity index (χ1n) is 10.8. The summed E-state index contributed by atoms with van der Waals surface area (Å²) in [7, 11) is 0. The molecular formula is C26H27N3O4. The van der Waals surface area contributed by atoms with E-state index < -0.39 is 11.7 Å². The van der Waals surface area contributed by atoms with Crippen LogP contribution in [0.4, 0.5) is 10.5 Å². The van der Waals surface area contributed by atoms with Crippen LogP contribution < -0.4 is 5.32 Å². The van der Waals surface area contributed by atoms with Crippen LogP contribution in [0.25, 0.3) is 11.5 Å². The van der Waals surface area contributed by atoms with E-state index in [-0.39, 0.29) is 11.7 Å². The van der Waals surface area contributed by atoms with Gasteiger partial charge in [0.1, 0.15) is 11.3 Å². The Hall–Kier alpha value is -3.92. The lowest BCUT2D eigenvalue weighted by molar-refractivity contribution is 0.0635. The largest absolute Gasteiger partial charge is 0.444 e. The van der Waals surface area contributed by atoms with Crippen LogP contribution in [0, 0.1) is 11.8 Å². The summed E-state index contributed by atoms with van der Waals surface area (Å²) in [5, 5.41) is 2.69. The van der Waals surface area contributed by atoms with Crippen LogP contribution in [0.15, 0.2) is 59.3 Å². The van der Waals surface area contributed by atoms with Gasteiger partial charge in [0, 0.05) is 30.3 Å². The molecule has 170 valence electrons. The average Bonchev–Trinajstić information content (AvgIpc) is 3.27. The number of anilines is 1. The maximum atomic E-state index is 12.3. The predicted octanol–water partition coefficient (Wildman–Crippen LogP) is 5.88. The number of unbranched alkanes of at least 4 members (excludes halogenated alkanes) is 2. The van der Waals surface area contributed by atoms with Gasteiger partial charge in [0.15, 0.2) is 5.76 Å². The number of amides is 1. The summed E-state index contributed by atoms with van der Waals surface area (Å²) >= 11 is 0. The number of hydrogen-bond donors (Lipinski definition) is 1.